The van der Waals surface area contributed by atoms with Crippen molar-refractivity contribution in [3.8, 4) is 17.2 Å². The molecule has 0 bridgehead atoms. The van der Waals surface area contributed by atoms with Crippen molar-refractivity contribution in [2.45, 2.75) is 19.9 Å². The van der Waals surface area contributed by atoms with Crippen LogP contribution in [0, 0.1) is 0 Å². The number of benzene rings is 2. The number of nitrogens with zero attached hydrogens (tertiary/aromatic N) is 2. The zero-order valence-electron chi connectivity index (χ0n) is 19.2. The second-order valence-electron chi connectivity index (χ2n) is 7.77. The Bertz CT molecular complexity index is 1550. The van der Waals surface area contributed by atoms with Crippen LogP contribution in [0.25, 0.3) is 6.08 Å². The Labute approximate surface area is 209 Å². The number of rotatable bonds is 5. The molecule has 0 radical (unpaired) electrons. The Morgan fingerprint density at radius 1 is 1.29 bits per heavy atom. The van der Waals surface area contributed by atoms with Crippen molar-refractivity contribution in [1.82, 2.24) is 4.57 Å². The first-order valence-corrected chi connectivity index (χ1v) is 12.0. The smallest absolute Gasteiger partial charge is 0.338 e. The fourth-order valence-corrected chi connectivity index (χ4v) is 5.41. The summed E-state index contributed by atoms with van der Waals surface area (Å²) in [5.74, 6) is 1.13. The monoisotopic (exact) mass is 512 g/mol. The quantitative estimate of drug-likeness (QED) is 0.488. The molecule has 3 aromatic rings. The lowest BCUT2D eigenvalue weighted by Gasteiger charge is -2.25. The van der Waals surface area contributed by atoms with Gasteiger partial charge in [0.15, 0.2) is 16.3 Å². The largest absolute Gasteiger partial charge is 0.496 e. The number of fused-ring (bicyclic) bond motifs is 2. The molecule has 1 unspecified atom stereocenters. The third-order valence-corrected chi connectivity index (χ3v) is 7.04. The highest BCUT2D eigenvalue weighted by molar-refractivity contribution is 7.07. The van der Waals surface area contributed by atoms with Crippen LogP contribution >= 0.6 is 22.9 Å². The molecule has 3 heterocycles. The van der Waals surface area contributed by atoms with Crippen molar-refractivity contribution in [2.75, 3.05) is 20.5 Å². The van der Waals surface area contributed by atoms with Crippen molar-refractivity contribution in [3.05, 3.63) is 83.5 Å². The maximum Gasteiger partial charge on any atom is 0.338 e. The normalized spacial score (nSPS) is 16.7. The molecule has 2 aromatic carbocycles. The molecule has 2 aliphatic heterocycles. The SMILES string of the molecule is CCOC(=O)C1=C(C)N=c2s/c(=C/c3cc4c(cc3Cl)OCO4)c(=O)n2C1c1ccccc1OC. The van der Waals surface area contributed by atoms with Crippen LogP contribution in [0.3, 0.4) is 0 Å². The predicted octanol–water partition coefficient (Wildman–Crippen LogP) is 3.19. The van der Waals surface area contributed by atoms with Gasteiger partial charge in [-0.15, -0.1) is 0 Å². The molecule has 0 fully saturated rings. The molecule has 1 aromatic heterocycles. The third-order valence-electron chi connectivity index (χ3n) is 5.73. The molecule has 0 amide bonds. The standard InChI is InChI=1S/C25H21ClN2O6S/c1-4-32-24(30)21-13(2)27-25-28(22(21)15-7-5-6-8-17(15)31-3)23(29)20(35-25)10-14-9-18-19(11-16(14)26)34-12-33-18/h5-11,22H,4,12H2,1-3H3/b20-10+. The summed E-state index contributed by atoms with van der Waals surface area (Å²) in [6.45, 7) is 3.78. The second-order valence-corrected chi connectivity index (χ2v) is 9.19. The molecule has 1 atom stereocenters. The van der Waals surface area contributed by atoms with Crippen LogP contribution in [0.5, 0.6) is 17.2 Å². The number of carbonyl (C=O) groups is 1. The Hall–Kier alpha value is -3.56. The number of hydrogen-bond donors (Lipinski definition) is 0. The zero-order valence-corrected chi connectivity index (χ0v) is 20.7. The molecule has 2 aliphatic rings. The van der Waals surface area contributed by atoms with Crippen molar-refractivity contribution in [3.63, 3.8) is 0 Å². The molecule has 0 aliphatic carbocycles. The number of halogens is 1. The fourth-order valence-electron chi connectivity index (χ4n) is 4.16. The summed E-state index contributed by atoms with van der Waals surface area (Å²) in [5, 5.41) is 0.421. The molecule has 8 nitrogen and oxygen atoms in total. The topological polar surface area (TPSA) is 88.4 Å². The predicted molar refractivity (Wildman–Crippen MR) is 131 cm³/mol. The molecule has 5 rings (SSSR count). The van der Waals surface area contributed by atoms with Gasteiger partial charge in [-0.25, -0.2) is 9.79 Å². The van der Waals surface area contributed by atoms with Gasteiger partial charge in [0.05, 0.1) is 34.5 Å². The number of thiazole rings is 1. The average Bonchev–Trinajstić information content (AvgIpc) is 3.42. The third kappa shape index (κ3) is 4.00. The summed E-state index contributed by atoms with van der Waals surface area (Å²) >= 11 is 7.66. The summed E-state index contributed by atoms with van der Waals surface area (Å²) in [5.41, 5.74) is 1.72. The van der Waals surface area contributed by atoms with E-state index in [2.05, 4.69) is 4.99 Å². The van der Waals surface area contributed by atoms with E-state index in [-0.39, 0.29) is 24.5 Å². The van der Waals surface area contributed by atoms with E-state index >= 15 is 0 Å². The van der Waals surface area contributed by atoms with E-state index in [0.29, 0.717) is 48.4 Å². The highest BCUT2D eigenvalue weighted by Gasteiger charge is 2.35. The molecule has 10 heteroatoms. The average molecular weight is 513 g/mol. The molecular formula is C25H21ClN2O6S. The van der Waals surface area contributed by atoms with Crippen LogP contribution in [0.15, 0.2) is 57.5 Å². The summed E-state index contributed by atoms with van der Waals surface area (Å²) in [6, 6.07) is 9.90. The van der Waals surface area contributed by atoms with Crippen LogP contribution < -0.4 is 29.1 Å². The van der Waals surface area contributed by atoms with E-state index in [4.69, 9.17) is 30.5 Å². The maximum atomic E-state index is 13.7. The van der Waals surface area contributed by atoms with Gasteiger partial charge in [0, 0.05) is 11.6 Å². The molecule has 0 saturated carbocycles. The van der Waals surface area contributed by atoms with E-state index in [1.165, 1.54) is 15.9 Å². The number of para-hydroxylation sites is 1. The van der Waals surface area contributed by atoms with Gasteiger partial charge in [-0.3, -0.25) is 9.36 Å². The van der Waals surface area contributed by atoms with E-state index in [1.807, 2.05) is 18.2 Å². The Morgan fingerprint density at radius 3 is 2.77 bits per heavy atom. The van der Waals surface area contributed by atoms with E-state index in [0.717, 1.165) is 0 Å². The number of hydrogen-bond acceptors (Lipinski definition) is 8. The minimum atomic E-state index is -0.768. The minimum Gasteiger partial charge on any atom is -0.496 e. The number of esters is 1. The second kappa shape index (κ2) is 9.24. The van der Waals surface area contributed by atoms with Gasteiger partial charge in [-0.1, -0.05) is 41.1 Å². The van der Waals surface area contributed by atoms with Gasteiger partial charge >= 0.3 is 5.97 Å². The number of methoxy groups -OCH3 is 1. The van der Waals surface area contributed by atoms with Crippen LogP contribution in [0.4, 0.5) is 0 Å². The van der Waals surface area contributed by atoms with E-state index in [9.17, 15) is 9.59 Å². The van der Waals surface area contributed by atoms with Crippen molar-refractivity contribution < 1.29 is 23.7 Å². The Morgan fingerprint density at radius 2 is 2.03 bits per heavy atom. The number of aromatic nitrogens is 1. The van der Waals surface area contributed by atoms with Gasteiger partial charge in [0.2, 0.25) is 6.79 Å². The van der Waals surface area contributed by atoms with Crippen molar-refractivity contribution in [1.29, 1.82) is 0 Å². The molecule has 180 valence electrons. The minimum absolute atomic E-state index is 0.117. The fraction of sp³-hybridized carbons (Fsp3) is 0.240. The molecule has 0 saturated heterocycles. The Balaban J connectivity index is 1.74. The van der Waals surface area contributed by atoms with Gasteiger partial charge in [-0.05, 0) is 37.6 Å². The van der Waals surface area contributed by atoms with Gasteiger partial charge in [0.25, 0.3) is 5.56 Å². The van der Waals surface area contributed by atoms with Gasteiger partial charge < -0.3 is 18.9 Å². The first-order chi connectivity index (χ1) is 16.9. The van der Waals surface area contributed by atoms with Crippen LogP contribution in [-0.2, 0) is 9.53 Å². The molecular weight excluding hydrogens is 492 g/mol. The number of allylic oxidation sites excluding steroid dienone is 1. The summed E-state index contributed by atoms with van der Waals surface area (Å²) in [7, 11) is 1.55. The van der Waals surface area contributed by atoms with Gasteiger partial charge in [0.1, 0.15) is 11.8 Å². The van der Waals surface area contributed by atoms with Crippen molar-refractivity contribution in [2.24, 2.45) is 4.99 Å². The zero-order chi connectivity index (χ0) is 24.7. The first-order valence-electron chi connectivity index (χ1n) is 10.8. The van der Waals surface area contributed by atoms with Crippen molar-refractivity contribution >= 4 is 35.0 Å². The number of ether oxygens (including phenoxy) is 4. The lowest BCUT2D eigenvalue weighted by atomic mass is 9.95. The summed E-state index contributed by atoms with van der Waals surface area (Å²) in [6.07, 6.45) is 1.69. The molecule has 0 N–H and O–H groups in total. The highest BCUT2D eigenvalue weighted by Crippen LogP contribution is 2.37. The highest BCUT2D eigenvalue weighted by atomic mass is 35.5. The van der Waals surface area contributed by atoms with Crippen LogP contribution in [0.1, 0.15) is 31.0 Å². The lowest BCUT2D eigenvalue weighted by Crippen LogP contribution is -2.40. The molecule has 35 heavy (non-hydrogen) atoms. The summed E-state index contributed by atoms with van der Waals surface area (Å²) in [4.78, 5) is 31.8. The Kier molecular flexibility index (Phi) is 6.12. The number of carbonyl (C=O) groups excluding carboxylic acids is 1. The van der Waals surface area contributed by atoms with Gasteiger partial charge in [-0.2, -0.15) is 0 Å². The first kappa shape index (κ1) is 23.2. The summed E-state index contributed by atoms with van der Waals surface area (Å²) < 4.78 is 23.6. The maximum absolute atomic E-state index is 13.7. The van der Waals surface area contributed by atoms with E-state index in [1.54, 1.807) is 45.2 Å². The molecule has 0 spiro atoms. The van der Waals surface area contributed by atoms with E-state index < -0.39 is 12.0 Å². The van der Waals surface area contributed by atoms with Crippen LogP contribution in [0.2, 0.25) is 5.02 Å². The van der Waals surface area contributed by atoms with Crippen LogP contribution in [-0.4, -0.2) is 31.0 Å². The lowest BCUT2D eigenvalue weighted by molar-refractivity contribution is -0.139.